The smallest absolute Gasteiger partial charge is 0.255 e. The number of rotatable bonds is 3. The maximum absolute atomic E-state index is 11.6. The summed E-state index contributed by atoms with van der Waals surface area (Å²) < 4.78 is 1.64. The topological polar surface area (TPSA) is 67.2 Å². The highest BCUT2D eigenvalue weighted by molar-refractivity contribution is 5.95. The van der Waals surface area contributed by atoms with Gasteiger partial charge in [-0.3, -0.25) is 9.48 Å². The Morgan fingerprint density at radius 1 is 1.79 bits per heavy atom. The van der Waals surface area contributed by atoms with Crippen molar-refractivity contribution in [2.75, 3.05) is 6.61 Å². The van der Waals surface area contributed by atoms with Crippen LogP contribution in [-0.2, 0) is 7.05 Å². The molecule has 0 unspecified atom stereocenters. The molecule has 0 saturated heterocycles. The maximum atomic E-state index is 11.6. The molecule has 1 amide bonds. The largest absolute Gasteiger partial charge is 0.394 e. The van der Waals surface area contributed by atoms with E-state index in [1.54, 1.807) is 18.7 Å². The molecule has 14 heavy (non-hydrogen) atoms. The van der Waals surface area contributed by atoms with Gasteiger partial charge in [0.25, 0.3) is 5.91 Å². The molecule has 0 aliphatic heterocycles. The summed E-state index contributed by atoms with van der Waals surface area (Å²) >= 11 is 0. The number of amides is 1. The van der Waals surface area contributed by atoms with Crippen molar-refractivity contribution < 1.29 is 9.90 Å². The summed E-state index contributed by atoms with van der Waals surface area (Å²) in [5.41, 5.74) is 1.36. The van der Waals surface area contributed by atoms with E-state index < -0.39 is 0 Å². The van der Waals surface area contributed by atoms with Gasteiger partial charge in [-0.1, -0.05) is 0 Å². The summed E-state index contributed by atoms with van der Waals surface area (Å²) in [4.78, 5) is 11.6. The van der Waals surface area contributed by atoms with Crippen LogP contribution in [0.3, 0.4) is 0 Å². The Morgan fingerprint density at radius 3 is 2.86 bits per heavy atom. The minimum absolute atomic E-state index is 0.0644. The minimum atomic E-state index is -0.234. The van der Waals surface area contributed by atoms with E-state index in [0.29, 0.717) is 5.56 Å². The molecule has 1 aromatic rings. The van der Waals surface area contributed by atoms with E-state index in [-0.39, 0.29) is 18.6 Å². The summed E-state index contributed by atoms with van der Waals surface area (Å²) in [5, 5.41) is 15.4. The van der Waals surface area contributed by atoms with Gasteiger partial charge < -0.3 is 10.4 Å². The maximum Gasteiger partial charge on any atom is 0.255 e. The Labute approximate surface area is 82.7 Å². The first kappa shape index (κ1) is 10.7. The molecular formula is C9H15N3O2. The zero-order valence-corrected chi connectivity index (χ0v) is 8.61. The fourth-order valence-corrected chi connectivity index (χ4v) is 1.07. The van der Waals surface area contributed by atoms with Crippen molar-refractivity contribution in [3.63, 3.8) is 0 Å². The molecule has 1 heterocycles. The number of aliphatic hydroxyl groups is 1. The number of nitrogens with zero attached hydrogens (tertiary/aromatic N) is 2. The quantitative estimate of drug-likeness (QED) is 0.707. The second-order valence-electron chi connectivity index (χ2n) is 3.32. The molecule has 0 fully saturated rings. The predicted molar refractivity (Wildman–Crippen MR) is 52.0 cm³/mol. The lowest BCUT2D eigenvalue weighted by atomic mass is 10.2. The SMILES string of the molecule is Cc1c(C(=O)N[C@@H](C)CO)cnn1C. The van der Waals surface area contributed by atoms with Gasteiger partial charge in [0.1, 0.15) is 0 Å². The van der Waals surface area contributed by atoms with Gasteiger partial charge in [-0.15, -0.1) is 0 Å². The Balaban J connectivity index is 2.75. The standard InChI is InChI=1S/C9H15N3O2/c1-6(5-13)11-9(14)8-4-10-12(3)7(8)2/h4,6,13H,5H2,1-3H3,(H,11,14)/t6-/m0/s1. The van der Waals surface area contributed by atoms with E-state index >= 15 is 0 Å². The molecule has 1 rings (SSSR count). The number of nitrogens with one attached hydrogen (secondary N) is 1. The third kappa shape index (κ3) is 2.11. The molecular weight excluding hydrogens is 182 g/mol. The van der Waals surface area contributed by atoms with E-state index in [0.717, 1.165) is 5.69 Å². The van der Waals surface area contributed by atoms with Crippen LogP contribution in [0.4, 0.5) is 0 Å². The number of carbonyl (C=O) groups is 1. The third-order valence-corrected chi connectivity index (χ3v) is 2.13. The van der Waals surface area contributed by atoms with Crippen LogP contribution < -0.4 is 5.32 Å². The molecule has 1 atom stereocenters. The van der Waals surface area contributed by atoms with Gasteiger partial charge in [0, 0.05) is 18.8 Å². The van der Waals surface area contributed by atoms with Crippen LogP contribution in [0.15, 0.2) is 6.20 Å². The van der Waals surface area contributed by atoms with E-state index in [4.69, 9.17) is 5.11 Å². The molecule has 0 aliphatic rings. The van der Waals surface area contributed by atoms with Crippen LogP contribution >= 0.6 is 0 Å². The van der Waals surface area contributed by atoms with Crippen molar-refractivity contribution in [1.82, 2.24) is 15.1 Å². The van der Waals surface area contributed by atoms with Gasteiger partial charge in [0.15, 0.2) is 0 Å². The number of carbonyl (C=O) groups excluding carboxylic acids is 1. The molecule has 0 spiro atoms. The zero-order chi connectivity index (χ0) is 10.7. The highest BCUT2D eigenvalue weighted by Crippen LogP contribution is 2.05. The van der Waals surface area contributed by atoms with Crippen LogP contribution in [0.25, 0.3) is 0 Å². The van der Waals surface area contributed by atoms with Gasteiger partial charge in [0.05, 0.1) is 18.4 Å². The molecule has 78 valence electrons. The Bertz CT molecular complexity index is 333. The first-order valence-corrected chi connectivity index (χ1v) is 4.46. The lowest BCUT2D eigenvalue weighted by molar-refractivity contribution is 0.0921. The third-order valence-electron chi connectivity index (χ3n) is 2.13. The first-order valence-electron chi connectivity index (χ1n) is 4.46. The normalized spacial score (nSPS) is 12.6. The summed E-state index contributed by atoms with van der Waals surface area (Å²) in [7, 11) is 1.78. The van der Waals surface area contributed by atoms with Crippen molar-refractivity contribution >= 4 is 5.91 Å². The number of aliphatic hydroxyl groups excluding tert-OH is 1. The zero-order valence-electron chi connectivity index (χ0n) is 8.61. The van der Waals surface area contributed by atoms with Crippen molar-refractivity contribution in [2.24, 2.45) is 7.05 Å². The van der Waals surface area contributed by atoms with Gasteiger partial charge in [0.2, 0.25) is 0 Å². The summed E-state index contributed by atoms with van der Waals surface area (Å²) in [5.74, 6) is -0.197. The average Bonchev–Trinajstić information content (AvgIpc) is 2.47. The summed E-state index contributed by atoms with van der Waals surface area (Å²) in [6.45, 7) is 3.50. The molecule has 2 N–H and O–H groups in total. The highest BCUT2D eigenvalue weighted by Gasteiger charge is 2.14. The van der Waals surface area contributed by atoms with Gasteiger partial charge in [-0.25, -0.2) is 0 Å². The van der Waals surface area contributed by atoms with Crippen molar-refractivity contribution in [3.05, 3.63) is 17.5 Å². The fraction of sp³-hybridized carbons (Fsp3) is 0.556. The van der Waals surface area contributed by atoms with Crippen LogP contribution in [0.5, 0.6) is 0 Å². The summed E-state index contributed by atoms with van der Waals surface area (Å²) in [6.07, 6.45) is 1.52. The second-order valence-corrected chi connectivity index (χ2v) is 3.32. The first-order chi connectivity index (χ1) is 6.56. The van der Waals surface area contributed by atoms with E-state index in [1.165, 1.54) is 6.20 Å². The Kier molecular flexibility index (Phi) is 3.24. The number of hydrogen-bond acceptors (Lipinski definition) is 3. The average molecular weight is 197 g/mol. The van der Waals surface area contributed by atoms with Gasteiger partial charge in [-0.2, -0.15) is 5.10 Å². The minimum Gasteiger partial charge on any atom is -0.394 e. The van der Waals surface area contributed by atoms with Crippen molar-refractivity contribution in [3.8, 4) is 0 Å². The molecule has 1 aromatic heterocycles. The van der Waals surface area contributed by atoms with Gasteiger partial charge in [-0.05, 0) is 13.8 Å². The number of aryl methyl sites for hydroxylation is 1. The van der Waals surface area contributed by atoms with Crippen molar-refractivity contribution in [1.29, 1.82) is 0 Å². The van der Waals surface area contributed by atoms with Crippen LogP contribution in [0.1, 0.15) is 23.0 Å². The Morgan fingerprint density at radius 2 is 2.43 bits per heavy atom. The highest BCUT2D eigenvalue weighted by atomic mass is 16.3. The molecule has 0 aromatic carbocycles. The second kappa shape index (κ2) is 4.23. The van der Waals surface area contributed by atoms with E-state index in [9.17, 15) is 4.79 Å². The molecule has 5 nitrogen and oxygen atoms in total. The van der Waals surface area contributed by atoms with Gasteiger partial charge >= 0.3 is 0 Å². The predicted octanol–water partition coefficient (Wildman–Crippen LogP) is -0.161. The molecule has 0 saturated carbocycles. The molecule has 0 bridgehead atoms. The van der Waals surface area contributed by atoms with Crippen LogP contribution in [-0.4, -0.2) is 33.4 Å². The molecule has 0 radical (unpaired) electrons. The number of aromatic nitrogens is 2. The lowest BCUT2D eigenvalue weighted by Gasteiger charge is -2.09. The molecule has 0 aliphatic carbocycles. The molecule has 5 heteroatoms. The van der Waals surface area contributed by atoms with E-state index in [1.807, 2.05) is 6.92 Å². The van der Waals surface area contributed by atoms with Crippen LogP contribution in [0.2, 0.25) is 0 Å². The van der Waals surface area contributed by atoms with Crippen LogP contribution in [0, 0.1) is 6.92 Å². The van der Waals surface area contributed by atoms with E-state index in [2.05, 4.69) is 10.4 Å². The fourth-order valence-electron chi connectivity index (χ4n) is 1.07. The lowest BCUT2D eigenvalue weighted by Crippen LogP contribution is -2.35. The summed E-state index contributed by atoms with van der Waals surface area (Å²) in [6, 6.07) is -0.234. The number of hydrogen-bond donors (Lipinski definition) is 2. The Hall–Kier alpha value is -1.36. The monoisotopic (exact) mass is 197 g/mol. The van der Waals surface area contributed by atoms with Crippen molar-refractivity contribution in [2.45, 2.75) is 19.9 Å².